The Hall–Kier alpha value is -1.23. The molecule has 0 fully saturated rings. The van der Waals surface area contributed by atoms with E-state index in [4.69, 9.17) is 5.11 Å². The molecule has 0 unspecified atom stereocenters. The van der Waals surface area contributed by atoms with Gasteiger partial charge in [-0.25, -0.2) is 4.79 Å². The average Bonchev–Trinajstić information content (AvgIpc) is 2.27. The first-order valence-corrected chi connectivity index (χ1v) is 4.63. The average molecular weight is 324 g/mol. The Bertz CT molecular complexity index is 389. The fourth-order valence-corrected chi connectivity index (χ4v) is 0.980. The molecule has 0 saturated heterocycles. The third kappa shape index (κ3) is 2.18. The van der Waals surface area contributed by atoms with E-state index >= 15 is 0 Å². The number of carbonyl (C=O) groups is 1. The molecule has 0 heterocycles. The molecule has 0 saturated carbocycles. The lowest BCUT2D eigenvalue weighted by Gasteiger charge is -2.38. The molecule has 0 aliphatic heterocycles. The second-order valence-corrected chi connectivity index (χ2v) is 3.66. The smallest absolute Gasteiger partial charge is 0.410 e. The van der Waals surface area contributed by atoms with Crippen molar-refractivity contribution in [3.63, 3.8) is 0 Å². The van der Waals surface area contributed by atoms with Crippen molar-refractivity contribution < 1.29 is 53.8 Å². The third-order valence-electron chi connectivity index (χ3n) is 2.36. The summed E-state index contributed by atoms with van der Waals surface area (Å²) in [5.74, 6) is -37.7. The van der Waals surface area contributed by atoms with Gasteiger partial charge in [0.15, 0.2) is 0 Å². The lowest BCUT2D eigenvalue weighted by molar-refractivity contribution is -0.396. The van der Waals surface area contributed by atoms with Crippen molar-refractivity contribution in [3.05, 3.63) is 0 Å². The van der Waals surface area contributed by atoms with E-state index in [2.05, 4.69) is 0 Å². The summed E-state index contributed by atoms with van der Waals surface area (Å²) in [5, 5.41) is 7.67. The molecule has 2 nitrogen and oxygen atoms in total. The van der Waals surface area contributed by atoms with Crippen molar-refractivity contribution in [2.75, 3.05) is 0 Å². The van der Waals surface area contributed by atoms with Gasteiger partial charge in [-0.05, 0) is 0 Å². The summed E-state index contributed by atoms with van der Waals surface area (Å²) in [4.78, 5) is 9.76. The molecule has 0 bridgehead atoms. The summed E-state index contributed by atoms with van der Waals surface area (Å²) in [6.45, 7) is 0.220. The van der Waals surface area contributed by atoms with Crippen molar-refractivity contribution >= 4 is 5.97 Å². The van der Waals surface area contributed by atoms with Gasteiger partial charge in [0.1, 0.15) is 0 Å². The number of rotatable bonds is 6. The minimum absolute atomic E-state index is 0.220. The van der Waals surface area contributed by atoms with Gasteiger partial charge in [0.05, 0.1) is 0 Å². The molecule has 0 aromatic heterocycles. The first kappa shape index (κ1) is 18.8. The minimum atomic E-state index is -7.30. The maximum atomic E-state index is 12.8. The van der Waals surface area contributed by atoms with Crippen LogP contribution in [0.25, 0.3) is 0 Å². The highest BCUT2D eigenvalue weighted by Gasteiger charge is 2.87. The normalized spacial score (nSPS) is 15.3. The first-order valence-electron chi connectivity index (χ1n) is 4.63. The predicted molar refractivity (Wildman–Crippen MR) is 42.7 cm³/mol. The number of carboxylic acids is 1. The molecule has 20 heavy (non-hydrogen) atoms. The van der Waals surface area contributed by atoms with Gasteiger partial charge in [0, 0.05) is 6.42 Å². The summed E-state index contributed by atoms with van der Waals surface area (Å²) in [6.07, 6.45) is -2.07. The number of hydrogen-bond acceptors (Lipinski definition) is 1. The monoisotopic (exact) mass is 324 g/mol. The molecule has 0 aliphatic rings. The van der Waals surface area contributed by atoms with Crippen LogP contribution in [0.2, 0.25) is 0 Å². The van der Waals surface area contributed by atoms with Crippen LogP contribution < -0.4 is 0 Å². The van der Waals surface area contributed by atoms with Crippen molar-refractivity contribution in [1.82, 2.24) is 0 Å². The van der Waals surface area contributed by atoms with Gasteiger partial charge in [-0.1, -0.05) is 6.92 Å². The Kier molecular flexibility index (Phi) is 4.37. The fourth-order valence-electron chi connectivity index (χ4n) is 0.980. The number of hydrogen-bond donors (Lipinski definition) is 1. The summed E-state index contributed by atoms with van der Waals surface area (Å²) >= 11 is 0. The van der Waals surface area contributed by atoms with Gasteiger partial charge in [0.25, 0.3) is 0 Å². The SMILES string of the molecule is CCC(F)(F)C(F)(F)C(F)(F)C(F)(F)C(F)(F)C(=O)O. The molecule has 0 aromatic rings. The van der Waals surface area contributed by atoms with E-state index in [1.807, 2.05) is 0 Å². The van der Waals surface area contributed by atoms with Crippen LogP contribution in [0.5, 0.6) is 0 Å². The Morgan fingerprint density at radius 3 is 1.40 bits per heavy atom. The van der Waals surface area contributed by atoms with Gasteiger partial charge in [-0.2, -0.15) is 43.9 Å². The van der Waals surface area contributed by atoms with Crippen LogP contribution in [0.15, 0.2) is 0 Å². The zero-order valence-corrected chi connectivity index (χ0v) is 9.34. The molecular formula is C8H6F10O2. The van der Waals surface area contributed by atoms with Crippen molar-refractivity contribution in [2.45, 2.75) is 43.0 Å². The molecule has 12 heteroatoms. The van der Waals surface area contributed by atoms with E-state index in [0.717, 1.165) is 0 Å². The molecule has 0 atom stereocenters. The van der Waals surface area contributed by atoms with Crippen LogP contribution in [0.1, 0.15) is 13.3 Å². The van der Waals surface area contributed by atoms with Gasteiger partial charge in [0.2, 0.25) is 0 Å². The largest absolute Gasteiger partial charge is 0.477 e. The lowest BCUT2D eigenvalue weighted by atomic mass is 9.93. The third-order valence-corrected chi connectivity index (χ3v) is 2.36. The molecule has 120 valence electrons. The number of alkyl halides is 10. The van der Waals surface area contributed by atoms with Crippen molar-refractivity contribution in [1.29, 1.82) is 0 Å². The highest BCUT2D eigenvalue weighted by Crippen LogP contribution is 2.57. The van der Waals surface area contributed by atoms with E-state index in [1.165, 1.54) is 0 Å². The van der Waals surface area contributed by atoms with Gasteiger partial charge < -0.3 is 5.11 Å². The highest BCUT2D eigenvalue weighted by molar-refractivity contribution is 5.77. The molecule has 0 aromatic carbocycles. The van der Waals surface area contributed by atoms with Crippen LogP contribution in [-0.2, 0) is 4.79 Å². The van der Waals surface area contributed by atoms with E-state index in [-0.39, 0.29) is 6.92 Å². The zero-order valence-electron chi connectivity index (χ0n) is 9.34. The predicted octanol–water partition coefficient (Wildman–Crippen LogP) is 3.66. The lowest BCUT2D eigenvalue weighted by Crippen LogP contribution is -2.68. The number of carboxylic acid groups (broad SMARTS) is 1. The van der Waals surface area contributed by atoms with E-state index in [9.17, 15) is 48.7 Å². The Labute approximate surface area is 104 Å². The summed E-state index contributed by atoms with van der Waals surface area (Å²) in [6, 6.07) is 0. The Morgan fingerprint density at radius 1 is 0.800 bits per heavy atom. The van der Waals surface area contributed by atoms with Crippen molar-refractivity contribution in [3.8, 4) is 0 Å². The second kappa shape index (κ2) is 4.65. The molecule has 0 aliphatic carbocycles. The van der Waals surface area contributed by atoms with E-state index in [0.29, 0.717) is 0 Å². The Balaban J connectivity index is 6.05. The first-order chi connectivity index (χ1) is 8.50. The summed E-state index contributed by atoms with van der Waals surface area (Å²) in [5.41, 5.74) is 0. The van der Waals surface area contributed by atoms with Gasteiger partial charge in [-0.3, -0.25) is 0 Å². The summed E-state index contributed by atoms with van der Waals surface area (Å²) in [7, 11) is 0. The van der Waals surface area contributed by atoms with Crippen LogP contribution in [0.4, 0.5) is 43.9 Å². The van der Waals surface area contributed by atoms with E-state index in [1.54, 1.807) is 0 Å². The molecule has 0 spiro atoms. The zero-order chi connectivity index (χ0) is 16.8. The van der Waals surface area contributed by atoms with Crippen LogP contribution >= 0.6 is 0 Å². The minimum Gasteiger partial charge on any atom is -0.477 e. The highest BCUT2D eigenvalue weighted by atomic mass is 19.4. The Morgan fingerprint density at radius 2 is 1.15 bits per heavy atom. The standard InChI is InChI=1S/C8H6F10O2/c1-2-4(9,10)6(13,14)8(17,18)7(15,16)5(11,12)3(19)20/h2H2,1H3,(H,19,20). The molecule has 0 radical (unpaired) electrons. The molecule has 0 rings (SSSR count). The quantitative estimate of drug-likeness (QED) is 0.757. The van der Waals surface area contributed by atoms with Gasteiger partial charge >= 0.3 is 35.6 Å². The number of aliphatic carboxylic acids is 1. The fraction of sp³-hybridized carbons (Fsp3) is 0.875. The van der Waals surface area contributed by atoms with Gasteiger partial charge in [-0.15, -0.1) is 0 Å². The van der Waals surface area contributed by atoms with Crippen molar-refractivity contribution in [2.24, 2.45) is 0 Å². The molecule has 1 N–H and O–H groups in total. The van der Waals surface area contributed by atoms with E-state index < -0.39 is 42.0 Å². The van der Waals surface area contributed by atoms with Crippen LogP contribution in [-0.4, -0.2) is 40.7 Å². The maximum absolute atomic E-state index is 12.8. The molecule has 0 amide bonds. The second-order valence-electron chi connectivity index (χ2n) is 3.66. The maximum Gasteiger partial charge on any atom is 0.410 e. The molecular weight excluding hydrogens is 318 g/mol. The number of halogens is 10. The topological polar surface area (TPSA) is 37.3 Å². The van der Waals surface area contributed by atoms with Crippen LogP contribution in [0.3, 0.4) is 0 Å². The van der Waals surface area contributed by atoms with Crippen LogP contribution in [0, 0.1) is 0 Å². The summed E-state index contributed by atoms with van der Waals surface area (Å²) < 4.78 is 127.